The van der Waals surface area contributed by atoms with Crippen LogP contribution in [-0.4, -0.2) is 39.4 Å². The molecule has 40 heavy (non-hydrogen) atoms. The zero-order chi connectivity index (χ0) is 28.7. The molecule has 4 rings (SSSR count). The Morgan fingerprint density at radius 2 is 1.68 bits per heavy atom. The molecule has 0 aliphatic heterocycles. The summed E-state index contributed by atoms with van der Waals surface area (Å²) in [5.74, 6) is -0.256. The van der Waals surface area contributed by atoms with E-state index >= 15 is 0 Å². The van der Waals surface area contributed by atoms with Crippen molar-refractivity contribution >= 4 is 62.1 Å². The second kappa shape index (κ2) is 13.2. The van der Waals surface area contributed by atoms with Gasteiger partial charge in [-0.25, -0.2) is 13.4 Å². The number of para-hydroxylation sites is 2. The first-order valence-corrected chi connectivity index (χ1v) is 14.7. The first kappa shape index (κ1) is 29.5. The summed E-state index contributed by atoms with van der Waals surface area (Å²) in [5, 5.41) is 3.37. The summed E-state index contributed by atoms with van der Waals surface area (Å²) in [7, 11) is -2.11. The number of benzene rings is 3. The monoisotopic (exact) mass is 618 g/mol. The van der Waals surface area contributed by atoms with Crippen molar-refractivity contribution in [2.75, 3.05) is 29.8 Å². The summed E-state index contributed by atoms with van der Waals surface area (Å²) in [6.07, 6.45) is 2.03. The minimum atomic E-state index is -4.11. The molecule has 0 saturated carbocycles. The Morgan fingerprint density at radius 3 is 2.42 bits per heavy atom. The highest BCUT2D eigenvalue weighted by molar-refractivity contribution is 7.92. The van der Waals surface area contributed by atoms with Gasteiger partial charge in [0.2, 0.25) is 5.88 Å². The van der Waals surface area contributed by atoms with Crippen LogP contribution in [0.3, 0.4) is 0 Å². The van der Waals surface area contributed by atoms with E-state index in [1.165, 1.54) is 30.5 Å². The third kappa shape index (κ3) is 7.57. The molecule has 0 aliphatic carbocycles. The molecule has 1 amide bonds. The van der Waals surface area contributed by atoms with E-state index in [0.717, 1.165) is 18.7 Å². The van der Waals surface area contributed by atoms with E-state index in [1.807, 2.05) is 37.4 Å². The van der Waals surface area contributed by atoms with Crippen molar-refractivity contribution in [2.45, 2.75) is 11.3 Å². The number of nitrogens with zero attached hydrogens (tertiary/aromatic N) is 2. The molecule has 208 valence electrons. The molecule has 0 unspecified atom stereocenters. The summed E-state index contributed by atoms with van der Waals surface area (Å²) in [4.78, 5) is 19.1. The van der Waals surface area contributed by atoms with Crippen molar-refractivity contribution in [3.63, 3.8) is 0 Å². The molecular weight excluding hydrogens is 595 g/mol. The predicted molar refractivity (Wildman–Crippen MR) is 160 cm³/mol. The minimum absolute atomic E-state index is 0.0299. The molecule has 0 atom stereocenters. The standard InChI is InChI=1S/C28H25Cl3N4O4S/c1-35(20-8-3-2-4-9-20)15-7-14-32-27(36)22-10-5-6-11-26(22)39-28-25(16-19(29)18-33-28)34-40(37,38)21-12-13-23(30)24(31)17-21/h2-6,8-13,16-18,34H,7,14-15H2,1H3,(H,32,36). The molecule has 0 radical (unpaired) electrons. The molecule has 12 heteroatoms. The van der Waals surface area contributed by atoms with Crippen LogP contribution < -0.4 is 19.7 Å². The van der Waals surface area contributed by atoms with Gasteiger partial charge in [-0.05, 0) is 55.0 Å². The number of ether oxygens (including phenoxy) is 1. The zero-order valence-corrected chi connectivity index (χ0v) is 24.4. The van der Waals surface area contributed by atoms with Crippen molar-refractivity contribution in [1.82, 2.24) is 10.3 Å². The molecule has 0 saturated heterocycles. The second-order valence-electron chi connectivity index (χ2n) is 8.65. The largest absolute Gasteiger partial charge is 0.436 e. The SMILES string of the molecule is CN(CCCNC(=O)c1ccccc1Oc1ncc(Cl)cc1NS(=O)(=O)c1ccc(Cl)c(Cl)c1)c1ccccc1. The summed E-state index contributed by atoms with van der Waals surface area (Å²) < 4.78 is 34.4. The Kier molecular flexibility index (Phi) is 9.76. The molecule has 2 N–H and O–H groups in total. The van der Waals surface area contributed by atoms with E-state index in [4.69, 9.17) is 39.5 Å². The van der Waals surface area contributed by atoms with Crippen LogP contribution >= 0.6 is 34.8 Å². The Morgan fingerprint density at radius 1 is 0.950 bits per heavy atom. The smallest absolute Gasteiger partial charge is 0.262 e. The van der Waals surface area contributed by atoms with Gasteiger partial charge in [0.05, 0.1) is 25.5 Å². The number of hydrogen-bond donors (Lipinski definition) is 2. The van der Waals surface area contributed by atoms with Gasteiger partial charge in [-0.3, -0.25) is 9.52 Å². The van der Waals surface area contributed by atoms with Gasteiger partial charge in [0, 0.05) is 32.0 Å². The van der Waals surface area contributed by atoms with Crippen LogP contribution in [0.5, 0.6) is 11.6 Å². The Labute approximate surface area is 247 Å². The molecular formula is C28H25Cl3N4O4S. The number of pyridine rings is 1. The lowest BCUT2D eigenvalue weighted by Crippen LogP contribution is -2.28. The van der Waals surface area contributed by atoms with Crippen LogP contribution in [-0.2, 0) is 10.0 Å². The molecule has 3 aromatic carbocycles. The quantitative estimate of drug-likeness (QED) is 0.177. The van der Waals surface area contributed by atoms with Gasteiger partial charge in [0.1, 0.15) is 11.4 Å². The van der Waals surface area contributed by atoms with Crippen molar-refractivity contribution in [2.24, 2.45) is 0 Å². The Hall–Kier alpha value is -3.50. The maximum atomic E-state index is 13.0. The number of nitrogens with one attached hydrogen (secondary N) is 2. The molecule has 0 aliphatic rings. The van der Waals surface area contributed by atoms with Gasteiger partial charge in [0.25, 0.3) is 15.9 Å². The zero-order valence-electron chi connectivity index (χ0n) is 21.3. The number of rotatable bonds is 11. The van der Waals surface area contributed by atoms with E-state index < -0.39 is 10.0 Å². The van der Waals surface area contributed by atoms with E-state index in [1.54, 1.807) is 24.3 Å². The summed E-state index contributed by atoms with van der Waals surface area (Å²) >= 11 is 18.0. The van der Waals surface area contributed by atoms with Gasteiger partial charge in [0.15, 0.2) is 0 Å². The van der Waals surface area contributed by atoms with Crippen LogP contribution in [0.15, 0.2) is 90.0 Å². The fraction of sp³-hybridized carbons (Fsp3) is 0.143. The molecule has 1 heterocycles. The summed E-state index contributed by atoms with van der Waals surface area (Å²) in [5.41, 5.74) is 1.32. The summed E-state index contributed by atoms with van der Waals surface area (Å²) in [6.45, 7) is 1.19. The van der Waals surface area contributed by atoms with Crippen LogP contribution in [0.25, 0.3) is 0 Å². The van der Waals surface area contributed by atoms with Crippen LogP contribution in [0.2, 0.25) is 15.1 Å². The number of amides is 1. The highest BCUT2D eigenvalue weighted by Crippen LogP contribution is 2.33. The highest BCUT2D eigenvalue weighted by atomic mass is 35.5. The van der Waals surface area contributed by atoms with Crippen LogP contribution in [0.4, 0.5) is 11.4 Å². The first-order chi connectivity index (χ1) is 19.1. The van der Waals surface area contributed by atoms with Gasteiger partial charge in [-0.2, -0.15) is 0 Å². The van der Waals surface area contributed by atoms with Gasteiger partial charge >= 0.3 is 0 Å². The third-order valence-electron chi connectivity index (χ3n) is 5.75. The molecule has 0 bridgehead atoms. The van der Waals surface area contributed by atoms with Gasteiger partial charge < -0.3 is 15.0 Å². The fourth-order valence-electron chi connectivity index (χ4n) is 3.70. The topological polar surface area (TPSA) is 101 Å². The lowest BCUT2D eigenvalue weighted by Gasteiger charge is -2.19. The Bertz CT molecular complexity index is 1600. The number of sulfonamides is 1. The highest BCUT2D eigenvalue weighted by Gasteiger charge is 2.21. The lowest BCUT2D eigenvalue weighted by atomic mass is 10.2. The van der Waals surface area contributed by atoms with Gasteiger partial charge in [-0.15, -0.1) is 0 Å². The van der Waals surface area contributed by atoms with Crippen molar-refractivity contribution < 1.29 is 17.9 Å². The molecule has 0 fully saturated rings. The number of carbonyl (C=O) groups is 1. The van der Waals surface area contributed by atoms with Crippen molar-refractivity contribution in [3.8, 4) is 11.6 Å². The normalized spacial score (nSPS) is 11.1. The van der Waals surface area contributed by atoms with E-state index in [0.29, 0.717) is 6.54 Å². The lowest BCUT2D eigenvalue weighted by molar-refractivity contribution is 0.0951. The second-order valence-corrected chi connectivity index (χ2v) is 11.6. The number of aromatic nitrogens is 1. The fourth-order valence-corrected chi connectivity index (χ4v) is 5.30. The average molecular weight is 620 g/mol. The molecule has 0 spiro atoms. The number of anilines is 2. The van der Waals surface area contributed by atoms with E-state index in [2.05, 4.69) is 19.9 Å². The average Bonchev–Trinajstić information content (AvgIpc) is 2.94. The van der Waals surface area contributed by atoms with E-state index in [-0.39, 0.29) is 48.8 Å². The molecule has 1 aromatic heterocycles. The predicted octanol–water partition coefficient (Wildman–Crippen LogP) is 6.89. The number of hydrogen-bond acceptors (Lipinski definition) is 6. The van der Waals surface area contributed by atoms with Crippen molar-refractivity contribution in [3.05, 3.63) is 106 Å². The van der Waals surface area contributed by atoms with Crippen molar-refractivity contribution in [1.29, 1.82) is 0 Å². The number of halogens is 3. The molecule has 8 nitrogen and oxygen atoms in total. The summed E-state index contributed by atoms with van der Waals surface area (Å²) in [6, 6.07) is 21.8. The van der Waals surface area contributed by atoms with Crippen LogP contribution in [0.1, 0.15) is 16.8 Å². The first-order valence-electron chi connectivity index (χ1n) is 12.1. The van der Waals surface area contributed by atoms with Crippen LogP contribution in [0, 0.1) is 0 Å². The van der Waals surface area contributed by atoms with E-state index in [9.17, 15) is 13.2 Å². The third-order valence-corrected chi connectivity index (χ3v) is 8.06. The molecule has 4 aromatic rings. The maximum absolute atomic E-state index is 13.0. The Balaban J connectivity index is 1.46. The number of carbonyl (C=O) groups excluding carboxylic acids is 1. The minimum Gasteiger partial charge on any atom is -0.436 e. The maximum Gasteiger partial charge on any atom is 0.262 e. The van der Waals surface area contributed by atoms with Gasteiger partial charge in [-0.1, -0.05) is 65.1 Å².